The van der Waals surface area contributed by atoms with Gasteiger partial charge in [-0.2, -0.15) is 0 Å². The number of carbonyl (C=O) groups is 1. The normalized spacial score (nSPS) is 9.50. The molecule has 64 valence electrons. The Hall–Kier alpha value is -1.36. The number of rotatable bonds is 1. The maximum Gasteiger partial charge on any atom is 0.276 e. The lowest BCUT2D eigenvalue weighted by Crippen LogP contribution is -2.18. The second-order valence-electron chi connectivity index (χ2n) is 2.08. The molecule has 0 saturated carbocycles. The highest BCUT2D eigenvalue weighted by molar-refractivity contribution is 6.32. The Morgan fingerprint density at radius 2 is 2.42 bits per heavy atom. The summed E-state index contributed by atoms with van der Waals surface area (Å²) in [6, 6.07) is 0. The van der Waals surface area contributed by atoms with Gasteiger partial charge in [-0.05, 0) is 0 Å². The molecule has 0 bridgehead atoms. The quantitative estimate of drug-likeness (QED) is 0.625. The number of aromatic amines is 1. The van der Waals surface area contributed by atoms with Crippen molar-refractivity contribution in [3.63, 3.8) is 0 Å². The standard InChI is InChI=1S/C6H6ClN3O2/c1-3(11)10-4-5(7)8-2-9-6(4)12/h2H,1H3,(H,10,11)(H,8,9,12). The molecule has 0 aliphatic heterocycles. The molecular formula is C6H6ClN3O2. The highest BCUT2D eigenvalue weighted by atomic mass is 35.5. The molecule has 0 spiro atoms. The first-order valence-corrected chi connectivity index (χ1v) is 3.50. The van der Waals surface area contributed by atoms with E-state index in [0.29, 0.717) is 0 Å². The largest absolute Gasteiger partial charge is 0.319 e. The van der Waals surface area contributed by atoms with Gasteiger partial charge in [0.25, 0.3) is 5.56 Å². The van der Waals surface area contributed by atoms with E-state index in [2.05, 4.69) is 15.3 Å². The van der Waals surface area contributed by atoms with Crippen molar-refractivity contribution in [1.29, 1.82) is 0 Å². The summed E-state index contributed by atoms with van der Waals surface area (Å²) in [5, 5.41) is 2.24. The molecule has 0 radical (unpaired) electrons. The summed E-state index contributed by atoms with van der Waals surface area (Å²) < 4.78 is 0. The Bertz CT molecular complexity index is 360. The van der Waals surface area contributed by atoms with E-state index in [1.165, 1.54) is 6.92 Å². The van der Waals surface area contributed by atoms with Gasteiger partial charge in [0.05, 0.1) is 6.33 Å². The molecule has 0 fully saturated rings. The number of halogens is 1. The average Bonchev–Trinajstić information content (AvgIpc) is 1.97. The lowest BCUT2D eigenvalue weighted by atomic mass is 10.5. The van der Waals surface area contributed by atoms with Crippen LogP contribution < -0.4 is 10.9 Å². The average molecular weight is 188 g/mol. The van der Waals surface area contributed by atoms with Gasteiger partial charge in [0.1, 0.15) is 5.69 Å². The topological polar surface area (TPSA) is 74.8 Å². The summed E-state index contributed by atoms with van der Waals surface area (Å²) in [6.45, 7) is 1.28. The fraction of sp³-hybridized carbons (Fsp3) is 0.167. The highest BCUT2D eigenvalue weighted by Gasteiger charge is 2.06. The van der Waals surface area contributed by atoms with Gasteiger partial charge in [-0.25, -0.2) is 4.98 Å². The Morgan fingerprint density at radius 3 is 2.92 bits per heavy atom. The Morgan fingerprint density at radius 1 is 1.75 bits per heavy atom. The Kier molecular flexibility index (Phi) is 2.44. The second-order valence-corrected chi connectivity index (χ2v) is 2.44. The summed E-state index contributed by atoms with van der Waals surface area (Å²) >= 11 is 5.53. The third-order valence-corrected chi connectivity index (χ3v) is 1.39. The van der Waals surface area contributed by atoms with Gasteiger partial charge < -0.3 is 10.3 Å². The first kappa shape index (κ1) is 8.73. The molecule has 1 amide bonds. The molecule has 1 heterocycles. The number of amides is 1. The van der Waals surface area contributed by atoms with Gasteiger partial charge in [-0.1, -0.05) is 11.6 Å². The van der Waals surface area contributed by atoms with E-state index in [4.69, 9.17) is 11.6 Å². The molecule has 2 N–H and O–H groups in total. The Labute approximate surface area is 72.8 Å². The predicted octanol–water partition coefficient (Wildman–Crippen LogP) is 0.382. The second kappa shape index (κ2) is 3.36. The molecule has 1 rings (SSSR count). The van der Waals surface area contributed by atoms with Gasteiger partial charge in [0, 0.05) is 6.92 Å². The molecule has 0 unspecified atom stereocenters. The lowest BCUT2D eigenvalue weighted by molar-refractivity contribution is -0.114. The Balaban J connectivity index is 3.13. The van der Waals surface area contributed by atoms with Crippen LogP contribution in [0.25, 0.3) is 0 Å². The summed E-state index contributed by atoms with van der Waals surface area (Å²) in [5.41, 5.74) is -0.489. The van der Waals surface area contributed by atoms with Crippen molar-refractivity contribution in [3.05, 3.63) is 21.8 Å². The van der Waals surface area contributed by atoms with Crippen molar-refractivity contribution in [2.75, 3.05) is 5.32 Å². The van der Waals surface area contributed by atoms with E-state index in [0.717, 1.165) is 6.33 Å². The molecular weight excluding hydrogens is 182 g/mol. The van der Waals surface area contributed by atoms with E-state index in [-0.39, 0.29) is 16.7 Å². The molecule has 0 atom stereocenters. The van der Waals surface area contributed by atoms with Crippen LogP contribution >= 0.6 is 11.6 Å². The summed E-state index contributed by atoms with van der Waals surface area (Å²) in [6.07, 6.45) is 1.16. The zero-order valence-electron chi connectivity index (χ0n) is 6.22. The van der Waals surface area contributed by atoms with E-state index in [1.807, 2.05) is 0 Å². The number of hydrogen-bond acceptors (Lipinski definition) is 3. The van der Waals surface area contributed by atoms with E-state index < -0.39 is 5.56 Å². The van der Waals surface area contributed by atoms with Crippen LogP contribution in [-0.2, 0) is 4.79 Å². The van der Waals surface area contributed by atoms with E-state index >= 15 is 0 Å². The minimum atomic E-state index is -0.467. The van der Waals surface area contributed by atoms with Crippen LogP contribution in [0.3, 0.4) is 0 Å². The first-order valence-electron chi connectivity index (χ1n) is 3.12. The third kappa shape index (κ3) is 1.82. The molecule has 0 aliphatic carbocycles. The number of nitrogens with one attached hydrogen (secondary N) is 2. The van der Waals surface area contributed by atoms with Crippen LogP contribution in [0.1, 0.15) is 6.92 Å². The maximum atomic E-state index is 11.0. The van der Waals surface area contributed by atoms with Crippen molar-refractivity contribution in [1.82, 2.24) is 9.97 Å². The molecule has 5 nitrogen and oxygen atoms in total. The summed E-state index contributed by atoms with van der Waals surface area (Å²) in [4.78, 5) is 27.4. The first-order chi connectivity index (χ1) is 5.61. The summed E-state index contributed by atoms with van der Waals surface area (Å²) in [5.74, 6) is -0.365. The van der Waals surface area contributed by atoms with Crippen molar-refractivity contribution in [2.24, 2.45) is 0 Å². The fourth-order valence-corrected chi connectivity index (χ4v) is 0.844. The van der Waals surface area contributed by atoms with Gasteiger partial charge in [0.15, 0.2) is 5.15 Å². The molecule has 0 aromatic carbocycles. The molecule has 12 heavy (non-hydrogen) atoms. The molecule has 1 aromatic heterocycles. The molecule has 0 aliphatic rings. The molecule has 1 aromatic rings. The molecule has 0 saturated heterocycles. The zero-order chi connectivity index (χ0) is 9.14. The van der Waals surface area contributed by atoms with Crippen LogP contribution in [0.4, 0.5) is 5.69 Å². The number of nitrogens with zero attached hydrogens (tertiary/aromatic N) is 1. The summed E-state index contributed by atoms with van der Waals surface area (Å²) in [7, 11) is 0. The van der Waals surface area contributed by atoms with Crippen LogP contribution in [-0.4, -0.2) is 15.9 Å². The van der Waals surface area contributed by atoms with Crippen LogP contribution in [0.5, 0.6) is 0 Å². The van der Waals surface area contributed by atoms with Crippen molar-refractivity contribution in [3.8, 4) is 0 Å². The van der Waals surface area contributed by atoms with Crippen LogP contribution in [0.2, 0.25) is 5.15 Å². The minimum Gasteiger partial charge on any atom is -0.319 e. The number of anilines is 1. The van der Waals surface area contributed by atoms with Crippen molar-refractivity contribution < 1.29 is 4.79 Å². The third-order valence-electron chi connectivity index (χ3n) is 1.11. The van der Waals surface area contributed by atoms with Gasteiger partial charge in [0.2, 0.25) is 5.91 Å². The molecule has 6 heteroatoms. The number of aromatic nitrogens is 2. The minimum absolute atomic E-state index is 0.0195. The van der Waals surface area contributed by atoms with Gasteiger partial charge >= 0.3 is 0 Å². The monoisotopic (exact) mass is 187 g/mol. The van der Waals surface area contributed by atoms with E-state index in [1.54, 1.807) is 0 Å². The SMILES string of the molecule is CC(=O)Nc1c(Cl)nc[nH]c1=O. The van der Waals surface area contributed by atoms with Crippen molar-refractivity contribution >= 4 is 23.2 Å². The number of carbonyl (C=O) groups excluding carboxylic acids is 1. The van der Waals surface area contributed by atoms with Gasteiger partial charge in [-0.15, -0.1) is 0 Å². The van der Waals surface area contributed by atoms with Crippen molar-refractivity contribution in [2.45, 2.75) is 6.92 Å². The number of hydrogen-bond donors (Lipinski definition) is 2. The maximum absolute atomic E-state index is 11.0. The lowest BCUT2D eigenvalue weighted by Gasteiger charge is -2.00. The fourth-order valence-electron chi connectivity index (χ4n) is 0.662. The van der Waals surface area contributed by atoms with E-state index in [9.17, 15) is 9.59 Å². The number of H-pyrrole nitrogens is 1. The highest BCUT2D eigenvalue weighted by Crippen LogP contribution is 2.11. The van der Waals surface area contributed by atoms with Crippen LogP contribution in [0, 0.1) is 0 Å². The van der Waals surface area contributed by atoms with Crippen LogP contribution in [0.15, 0.2) is 11.1 Å². The smallest absolute Gasteiger partial charge is 0.276 e. The van der Waals surface area contributed by atoms with Gasteiger partial charge in [-0.3, -0.25) is 9.59 Å². The predicted molar refractivity (Wildman–Crippen MR) is 44.2 cm³/mol. The zero-order valence-corrected chi connectivity index (χ0v) is 6.97.